The zero-order valence-electron chi connectivity index (χ0n) is 5.60. The normalized spacial score (nSPS) is 12.6. The molecule has 0 radical (unpaired) electrons. The van der Waals surface area contributed by atoms with E-state index in [1.54, 1.807) is 13.4 Å². The molecule has 0 aromatic carbocycles. The molecule has 0 saturated carbocycles. The fraction of sp³-hybridized carbons (Fsp3) is 0.500. The Kier molecular flexibility index (Phi) is 3.94. The third-order valence-electron chi connectivity index (χ3n) is 0.854. The Morgan fingerprint density at radius 2 is 2.25 bits per heavy atom. The number of hydrogen-bond donors (Lipinski definition) is 1. The molecule has 0 aromatic rings. The van der Waals surface area contributed by atoms with Gasteiger partial charge in [0.1, 0.15) is 0 Å². The molecule has 2 nitrogen and oxygen atoms in total. The molecule has 0 aromatic heterocycles. The lowest BCUT2D eigenvalue weighted by Gasteiger charge is -1.93. The van der Waals surface area contributed by atoms with Gasteiger partial charge in [0.05, 0.1) is 6.34 Å². The van der Waals surface area contributed by atoms with E-state index in [0.717, 1.165) is 5.70 Å². The minimum Gasteiger partial charge on any atom is -0.351 e. The van der Waals surface area contributed by atoms with Gasteiger partial charge in [-0.05, 0) is 13.8 Å². The van der Waals surface area contributed by atoms with Crippen LogP contribution in [0.1, 0.15) is 13.8 Å². The highest BCUT2D eigenvalue weighted by atomic mass is 14.9. The first-order chi connectivity index (χ1) is 3.81. The van der Waals surface area contributed by atoms with E-state index in [4.69, 9.17) is 0 Å². The molecule has 0 bridgehead atoms. The Morgan fingerprint density at radius 3 is 2.62 bits per heavy atom. The predicted molar refractivity (Wildman–Crippen MR) is 37.0 cm³/mol. The van der Waals surface area contributed by atoms with Gasteiger partial charge in [0, 0.05) is 12.7 Å². The molecule has 2 heteroatoms. The first kappa shape index (κ1) is 7.21. The van der Waals surface area contributed by atoms with E-state index in [1.807, 2.05) is 19.9 Å². The molecule has 8 heavy (non-hydrogen) atoms. The lowest BCUT2D eigenvalue weighted by atomic mass is 10.5. The molecule has 0 spiro atoms. The van der Waals surface area contributed by atoms with Crippen LogP contribution in [0.3, 0.4) is 0 Å². The summed E-state index contributed by atoms with van der Waals surface area (Å²) in [6.07, 6.45) is 3.65. The van der Waals surface area contributed by atoms with Crippen LogP contribution in [-0.4, -0.2) is 13.4 Å². The zero-order chi connectivity index (χ0) is 6.41. The van der Waals surface area contributed by atoms with Crippen molar-refractivity contribution < 1.29 is 0 Å². The molecule has 46 valence electrons. The average molecular weight is 112 g/mol. The number of nitrogens with one attached hydrogen (secondary N) is 1. The van der Waals surface area contributed by atoms with E-state index in [2.05, 4.69) is 10.3 Å². The van der Waals surface area contributed by atoms with Crippen LogP contribution in [0.15, 0.2) is 16.8 Å². The van der Waals surface area contributed by atoms with Gasteiger partial charge in [0.25, 0.3) is 0 Å². The summed E-state index contributed by atoms with van der Waals surface area (Å²) >= 11 is 0. The average Bonchev–Trinajstić information content (AvgIpc) is 1.83. The van der Waals surface area contributed by atoms with Crippen LogP contribution in [-0.2, 0) is 0 Å². The van der Waals surface area contributed by atoms with E-state index in [9.17, 15) is 0 Å². The van der Waals surface area contributed by atoms with Crippen LogP contribution in [0.25, 0.3) is 0 Å². The Balaban J connectivity index is 3.40. The summed E-state index contributed by atoms with van der Waals surface area (Å²) in [5.74, 6) is 0. The zero-order valence-corrected chi connectivity index (χ0v) is 5.60. The Hall–Kier alpha value is -0.790. The van der Waals surface area contributed by atoms with Crippen LogP contribution in [0.2, 0.25) is 0 Å². The van der Waals surface area contributed by atoms with Crippen LogP contribution in [0.4, 0.5) is 0 Å². The molecule has 0 unspecified atom stereocenters. The summed E-state index contributed by atoms with van der Waals surface area (Å²) < 4.78 is 0. The maximum Gasteiger partial charge on any atom is 0.0861 e. The van der Waals surface area contributed by atoms with Crippen LogP contribution < -0.4 is 5.32 Å². The molecular weight excluding hydrogens is 100 g/mol. The molecule has 1 N–H and O–H groups in total. The van der Waals surface area contributed by atoms with Crippen molar-refractivity contribution in [2.45, 2.75) is 13.8 Å². The van der Waals surface area contributed by atoms with Crippen LogP contribution in [0.5, 0.6) is 0 Å². The minimum atomic E-state index is 1.12. The van der Waals surface area contributed by atoms with Crippen molar-refractivity contribution in [3.63, 3.8) is 0 Å². The second-order valence-electron chi connectivity index (χ2n) is 1.50. The molecule has 0 heterocycles. The van der Waals surface area contributed by atoms with Gasteiger partial charge >= 0.3 is 0 Å². The van der Waals surface area contributed by atoms with E-state index in [-0.39, 0.29) is 0 Å². The van der Waals surface area contributed by atoms with Crippen molar-refractivity contribution in [1.82, 2.24) is 5.32 Å². The highest BCUT2D eigenvalue weighted by molar-refractivity contribution is 5.56. The van der Waals surface area contributed by atoms with Crippen molar-refractivity contribution in [3.8, 4) is 0 Å². The fourth-order valence-electron chi connectivity index (χ4n) is 0.250. The summed E-state index contributed by atoms with van der Waals surface area (Å²) in [6, 6.07) is 0. The lowest BCUT2D eigenvalue weighted by molar-refractivity contribution is 1.12. The predicted octanol–water partition coefficient (Wildman–Crippen LogP) is 1.16. The fourth-order valence-corrected chi connectivity index (χ4v) is 0.250. The monoisotopic (exact) mass is 112 g/mol. The van der Waals surface area contributed by atoms with Gasteiger partial charge in [-0.2, -0.15) is 0 Å². The summed E-state index contributed by atoms with van der Waals surface area (Å²) in [5.41, 5.74) is 1.12. The number of rotatable bonds is 2. The second kappa shape index (κ2) is 4.37. The summed E-state index contributed by atoms with van der Waals surface area (Å²) in [5, 5.41) is 2.95. The standard InChI is InChI=1S/C6H12N2/c1-4-6(2)8-5-7-3/h4-5H,1-3H3,(H,7,8)/b6-4-. The molecule has 0 rings (SSSR count). The van der Waals surface area contributed by atoms with Crippen molar-refractivity contribution >= 4 is 6.34 Å². The number of aliphatic imine (C=N–C) groups is 1. The first-order valence-electron chi connectivity index (χ1n) is 2.61. The van der Waals surface area contributed by atoms with Crippen molar-refractivity contribution in [2.24, 2.45) is 4.99 Å². The molecule has 0 amide bonds. The van der Waals surface area contributed by atoms with E-state index in [0.29, 0.717) is 0 Å². The van der Waals surface area contributed by atoms with Gasteiger partial charge in [-0.1, -0.05) is 6.08 Å². The quantitative estimate of drug-likeness (QED) is 0.420. The number of nitrogens with zero attached hydrogens (tertiary/aromatic N) is 1. The van der Waals surface area contributed by atoms with Crippen LogP contribution in [0, 0.1) is 0 Å². The summed E-state index contributed by atoms with van der Waals surface area (Å²) in [6.45, 7) is 3.97. The molecule has 0 saturated heterocycles. The van der Waals surface area contributed by atoms with Gasteiger partial charge < -0.3 is 5.32 Å². The third-order valence-corrected chi connectivity index (χ3v) is 0.854. The van der Waals surface area contributed by atoms with Gasteiger partial charge in [0.2, 0.25) is 0 Å². The molecule has 0 aliphatic heterocycles. The maximum absolute atomic E-state index is 3.75. The Morgan fingerprint density at radius 1 is 1.62 bits per heavy atom. The van der Waals surface area contributed by atoms with E-state index >= 15 is 0 Å². The maximum atomic E-state index is 3.75. The Labute approximate surface area is 50.3 Å². The summed E-state index contributed by atoms with van der Waals surface area (Å²) in [7, 11) is 1.73. The van der Waals surface area contributed by atoms with Gasteiger partial charge in [0.15, 0.2) is 0 Å². The van der Waals surface area contributed by atoms with Crippen LogP contribution >= 0.6 is 0 Å². The highest BCUT2D eigenvalue weighted by Crippen LogP contribution is 1.79. The lowest BCUT2D eigenvalue weighted by Crippen LogP contribution is -2.06. The second-order valence-corrected chi connectivity index (χ2v) is 1.50. The van der Waals surface area contributed by atoms with Crippen molar-refractivity contribution in [3.05, 3.63) is 11.8 Å². The van der Waals surface area contributed by atoms with Crippen molar-refractivity contribution in [2.75, 3.05) is 7.05 Å². The molecule has 0 fully saturated rings. The van der Waals surface area contributed by atoms with Crippen molar-refractivity contribution in [1.29, 1.82) is 0 Å². The first-order valence-corrected chi connectivity index (χ1v) is 2.61. The van der Waals surface area contributed by atoms with Gasteiger partial charge in [-0.25, -0.2) is 0 Å². The molecular formula is C6H12N2. The smallest absolute Gasteiger partial charge is 0.0861 e. The highest BCUT2D eigenvalue weighted by Gasteiger charge is 1.74. The SMILES string of the molecule is C/C=C(/C)N/C=N/C. The molecule has 0 aliphatic carbocycles. The van der Waals surface area contributed by atoms with E-state index in [1.165, 1.54) is 0 Å². The summed E-state index contributed by atoms with van der Waals surface area (Å²) in [4.78, 5) is 3.75. The van der Waals surface area contributed by atoms with Gasteiger partial charge in [-0.3, -0.25) is 4.99 Å². The largest absolute Gasteiger partial charge is 0.351 e. The number of hydrogen-bond acceptors (Lipinski definition) is 1. The third kappa shape index (κ3) is 3.40. The molecule has 0 aliphatic rings. The van der Waals surface area contributed by atoms with E-state index < -0.39 is 0 Å². The topological polar surface area (TPSA) is 24.4 Å². The van der Waals surface area contributed by atoms with Gasteiger partial charge in [-0.15, -0.1) is 0 Å². The number of allylic oxidation sites excluding steroid dienone is 2. The minimum absolute atomic E-state index is 1.12. The Bertz CT molecular complexity index is 103. The molecule has 0 atom stereocenters.